The zero-order valence-electron chi connectivity index (χ0n) is 14.6. The Bertz CT molecular complexity index is 627. The molecule has 1 aromatic carbocycles. The number of hydrogen-bond donors (Lipinski definition) is 2. The minimum atomic E-state index is -0.458. The quantitative estimate of drug-likeness (QED) is 0.889. The maximum Gasteiger partial charge on any atom is 0.318 e. The lowest BCUT2D eigenvalue weighted by Gasteiger charge is -2.39. The van der Waals surface area contributed by atoms with Crippen LogP contribution in [0.1, 0.15) is 25.8 Å². The second-order valence-corrected chi connectivity index (χ2v) is 6.97. The number of anilines is 1. The number of amides is 3. The highest BCUT2D eigenvalue weighted by Crippen LogP contribution is 2.27. The van der Waals surface area contributed by atoms with Crippen LogP contribution in [-0.2, 0) is 11.3 Å². The Hall–Kier alpha value is -2.08. The van der Waals surface area contributed by atoms with Gasteiger partial charge in [0.25, 0.3) is 0 Å². The molecule has 2 aliphatic heterocycles. The average Bonchev–Trinajstić information content (AvgIpc) is 2.68. The van der Waals surface area contributed by atoms with Crippen LogP contribution in [0.15, 0.2) is 24.3 Å². The number of nitrogens with zero attached hydrogens (tertiary/aromatic N) is 2. The largest absolute Gasteiger partial charge is 0.333 e. The molecule has 6 nitrogen and oxygen atoms in total. The number of benzene rings is 1. The zero-order valence-corrected chi connectivity index (χ0v) is 14.6. The number of nitrogens with one attached hydrogen (secondary N) is 2. The lowest BCUT2D eigenvalue weighted by molar-refractivity contribution is -0.122. The number of para-hydroxylation sites is 1. The molecule has 1 saturated heterocycles. The van der Waals surface area contributed by atoms with Gasteiger partial charge in [-0.2, -0.15) is 0 Å². The molecule has 1 aromatic rings. The lowest BCUT2D eigenvalue weighted by Crippen LogP contribution is -2.61. The molecule has 0 saturated carbocycles. The van der Waals surface area contributed by atoms with E-state index < -0.39 is 6.04 Å². The standard InChI is InChI=1S/C18H26N4O2/c1-4-12(2)16-17(23)20-15-8-6-5-7-13(15)9-22(16)18(24)19-14-10-21(3)11-14/h5-8,12,14,16H,4,9-11H2,1-3H3,(H,19,24)(H,20,23). The first-order valence-electron chi connectivity index (χ1n) is 8.64. The molecule has 24 heavy (non-hydrogen) atoms. The van der Waals surface area contributed by atoms with Crippen LogP contribution in [0.4, 0.5) is 10.5 Å². The molecule has 2 heterocycles. The molecular formula is C18H26N4O2. The molecule has 2 N–H and O–H groups in total. The molecule has 1 fully saturated rings. The highest BCUT2D eigenvalue weighted by atomic mass is 16.2. The van der Waals surface area contributed by atoms with Gasteiger partial charge in [-0.05, 0) is 24.6 Å². The second-order valence-electron chi connectivity index (χ2n) is 6.97. The molecule has 130 valence electrons. The number of carbonyl (C=O) groups is 2. The number of hydrogen-bond acceptors (Lipinski definition) is 3. The van der Waals surface area contributed by atoms with Crippen molar-refractivity contribution in [1.82, 2.24) is 15.1 Å². The maximum atomic E-state index is 12.9. The van der Waals surface area contributed by atoms with Crippen LogP contribution in [-0.4, -0.2) is 54.0 Å². The van der Waals surface area contributed by atoms with Crippen molar-refractivity contribution in [3.8, 4) is 0 Å². The fraction of sp³-hybridized carbons (Fsp3) is 0.556. The first-order chi connectivity index (χ1) is 11.5. The summed E-state index contributed by atoms with van der Waals surface area (Å²) < 4.78 is 0. The third-order valence-corrected chi connectivity index (χ3v) is 5.06. The van der Waals surface area contributed by atoms with E-state index in [1.165, 1.54) is 0 Å². The predicted molar refractivity (Wildman–Crippen MR) is 93.7 cm³/mol. The Morgan fingerprint density at radius 1 is 1.38 bits per heavy atom. The Morgan fingerprint density at radius 3 is 2.75 bits per heavy atom. The van der Waals surface area contributed by atoms with Crippen molar-refractivity contribution in [3.63, 3.8) is 0 Å². The topological polar surface area (TPSA) is 64.7 Å². The summed E-state index contributed by atoms with van der Waals surface area (Å²) in [7, 11) is 2.03. The fourth-order valence-corrected chi connectivity index (χ4v) is 3.44. The van der Waals surface area contributed by atoms with Crippen LogP contribution in [0.2, 0.25) is 0 Å². The van der Waals surface area contributed by atoms with E-state index in [0.717, 1.165) is 30.8 Å². The first kappa shape index (κ1) is 16.8. The van der Waals surface area contributed by atoms with Gasteiger partial charge in [0.15, 0.2) is 0 Å². The predicted octanol–water partition coefficient (Wildman–Crippen LogP) is 1.88. The first-order valence-corrected chi connectivity index (χ1v) is 8.64. The van der Waals surface area contributed by atoms with Crippen LogP contribution >= 0.6 is 0 Å². The Labute approximate surface area is 143 Å². The van der Waals surface area contributed by atoms with Crippen molar-refractivity contribution in [3.05, 3.63) is 29.8 Å². The molecule has 2 atom stereocenters. The van der Waals surface area contributed by atoms with E-state index in [2.05, 4.69) is 15.5 Å². The van der Waals surface area contributed by atoms with Gasteiger partial charge in [-0.15, -0.1) is 0 Å². The summed E-state index contributed by atoms with van der Waals surface area (Å²) >= 11 is 0. The number of fused-ring (bicyclic) bond motifs is 1. The molecule has 0 spiro atoms. The van der Waals surface area contributed by atoms with E-state index in [4.69, 9.17) is 0 Å². The van der Waals surface area contributed by atoms with E-state index in [1.54, 1.807) is 4.90 Å². The molecule has 0 bridgehead atoms. The van der Waals surface area contributed by atoms with Crippen LogP contribution in [0.5, 0.6) is 0 Å². The molecule has 0 aromatic heterocycles. The van der Waals surface area contributed by atoms with Crippen molar-refractivity contribution < 1.29 is 9.59 Å². The molecule has 3 rings (SSSR count). The fourth-order valence-electron chi connectivity index (χ4n) is 3.44. The molecule has 3 amide bonds. The molecule has 2 aliphatic rings. The number of urea groups is 1. The van der Waals surface area contributed by atoms with Gasteiger partial charge in [0.1, 0.15) is 6.04 Å². The minimum absolute atomic E-state index is 0.0918. The molecule has 0 radical (unpaired) electrons. The van der Waals surface area contributed by atoms with E-state index in [9.17, 15) is 9.59 Å². The van der Waals surface area contributed by atoms with Crippen molar-refractivity contribution in [2.45, 2.75) is 38.9 Å². The van der Waals surface area contributed by atoms with Crippen LogP contribution in [0.3, 0.4) is 0 Å². The number of likely N-dealkylation sites (tertiary alicyclic amines) is 1. The van der Waals surface area contributed by atoms with E-state index in [0.29, 0.717) is 6.54 Å². The summed E-state index contributed by atoms with van der Waals surface area (Å²) in [4.78, 5) is 29.5. The van der Waals surface area contributed by atoms with Crippen molar-refractivity contribution >= 4 is 17.6 Å². The van der Waals surface area contributed by atoms with Gasteiger partial charge < -0.3 is 20.4 Å². The molecule has 2 unspecified atom stereocenters. The van der Waals surface area contributed by atoms with E-state index in [-0.39, 0.29) is 23.9 Å². The number of likely N-dealkylation sites (N-methyl/N-ethyl adjacent to an activating group) is 1. The van der Waals surface area contributed by atoms with Gasteiger partial charge >= 0.3 is 6.03 Å². The van der Waals surface area contributed by atoms with Crippen molar-refractivity contribution in [1.29, 1.82) is 0 Å². The molecular weight excluding hydrogens is 304 g/mol. The molecule has 6 heteroatoms. The smallest absolute Gasteiger partial charge is 0.318 e. The Morgan fingerprint density at radius 2 is 2.08 bits per heavy atom. The van der Waals surface area contributed by atoms with Crippen LogP contribution in [0.25, 0.3) is 0 Å². The maximum absolute atomic E-state index is 12.9. The summed E-state index contributed by atoms with van der Waals surface area (Å²) in [5, 5.41) is 6.06. The highest BCUT2D eigenvalue weighted by Gasteiger charge is 2.38. The van der Waals surface area contributed by atoms with Gasteiger partial charge in [-0.25, -0.2) is 4.79 Å². The number of rotatable bonds is 3. The minimum Gasteiger partial charge on any atom is -0.333 e. The molecule has 0 aliphatic carbocycles. The lowest BCUT2D eigenvalue weighted by atomic mass is 9.97. The van der Waals surface area contributed by atoms with E-state index in [1.807, 2.05) is 45.2 Å². The number of carbonyl (C=O) groups excluding carboxylic acids is 2. The monoisotopic (exact) mass is 330 g/mol. The summed E-state index contributed by atoms with van der Waals surface area (Å²) in [5.41, 5.74) is 1.77. The van der Waals surface area contributed by atoms with Crippen LogP contribution < -0.4 is 10.6 Å². The van der Waals surface area contributed by atoms with Gasteiger partial charge in [0.2, 0.25) is 5.91 Å². The Kier molecular flexibility index (Phi) is 4.76. The van der Waals surface area contributed by atoms with Gasteiger partial charge in [0.05, 0.1) is 12.6 Å². The summed E-state index contributed by atoms with van der Waals surface area (Å²) in [5.74, 6) is -0.00990. The SMILES string of the molecule is CCC(C)C1C(=O)Nc2ccccc2CN1C(=O)NC1CN(C)C1. The Balaban J connectivity index is 1.85. The average molecular weight is 330 g/mol. The third-order valence-electron chi connectivity index (χ3n) is 5.06. The second kappa shape index (κ2) is 6.81. The van der Waals surface area contributed by atoms with Crippen LogP contribution in [0, 0.1) is 5.92 Å². The van der Waals surface area contributed by atoms with Crippen molar-refractivity contribution in [2.75, 3.05) is 25.5 Å². The van der Waals surface area contributed by atoms with E-state index >= 15 is 0 Å². The zero-order chi connectivity index (χ0) is 17.3. The normalized spacial score (nSPS) is 22.9. The van der Waals surface area contributed by atoms with Gasteiger partial charge in [-0.3, -0.25) is 4.79 Å². The third kappa shape index (κ3) is 3.24. The summed E-state index contributed by atoms with van der Waals surface area (Å²) in [6, 6.07) is 7.25. The van der Waals surface area contributed by atoms with Gasteiger partial charge in [-0.1, -0.05) is 38.5 Å². The van der Waals surface area contributed by atoms with Crippen molar-refractivity contribution in [2.24, 2.45) is 5.92 Å². The summed E-state index contributed by atoms with van der Waals surface area (Å²) in [6.07, 6.45) is 0.838. The highest BCUT2D eigenvalue weighted by molar-refractivity contribution is 5.98. The van der Waals surface area contributed by atoms with Gasteiger partial charge in [0, 0.05) is 18.8 Å². The summed E-state index contributed by atoms with van der Waals surface area (Å²) in [6.45, 7) is 6.23.